The molecule has 0 aliphatic rings. The first-order chi connectivity index (χ1) is 13.4. The summed E-state index contributed by atoms with van der Waals surface area (Å²) < 4.78 is 25.0. The lowest BCUT2D eigenvalue weighted by atomic mass is 10.1. The lowest BCUT2D eigenvalue weighted by molar-refractivity contribution is 0.598. The molecular formula is C19H18N6O2S. The van der Waals surface area contributed by atoms with Gasteiger partial charge in [0.25, 0.3) is 0 Å². The zero-order chi connectivity index (χ0) is 19.7. The van der Waals surface area contributed by atoms with Gasteiger partial charge in [-0.2, -0.15) is 4.98 Å². The van der Waals surface area contributed by atoms with E-state index in [1.807, 2.05) is 37.3 Å². The van der Waals surface area contributed by atoms with Crippen molar-refractivity contribution >= 4 is 27.0 Å². The fourth-order valence-corrected chi connectivity index (χ4v) is 3.45. The van der Waals surface area contributed by atoms with Gasteiger partial charge in [-0.15, -0.1) is 0 Å². The number of nitrogens with zero attached hydrogens (tertiary/aromatic N) is 4. The van der Waals surface area contributed by atoms with Crippen molar-refractivity contribution in [2.24, 2.45) is 5.14 Å². The second-order valence-electron chi connectivity index (χ2n) is 6.33. The van der Waals surface area contributed by atoms with E-state index in [1.165, 1.54) is 12.1 Å². The van der Waals surface area contributed by atoms with E-state index in [-0.39, 0.29) is 10.9 Å². The molecule has 0 aliphatic heterocycles. The largest absolute Gasteiger partial charge is 0.348 e. The van der Waals surface area contributed by atoms with Crippen LogP contribution in [0, 0.1) is 0 Å². The molecule has 2 heterocycles. The molecule has 0 saturated heterocycles. The molecule has 142 valence electrons. The molecule has 28 heavy (non-hydrogen) atoms. The van der Waals surface area contributed by atoms with Crippen LogP contribution in [-0.2, 0) is 10.0 Å². The molecular weight excluding hydrogens is 376 g/mol. The molecule has 0 spiro atoms. The summed E-state index contributed by atoms with van der Waals surface area (Å²) in [5.74, 6) is 1.02. The van der Waals surface area contributed by atoms with Gasteiger partial charge in [0.1, 0.15) is 12.1 Å². The first-order valence-corrected chi connectivity index (χ1v) is 10.1. The summed E-state index contributed by atoms with van der Waals surface area (Å²) in [5.41, 5.74) is 2.34. The molecule has 4 rings (SSSR count). The Morgan fingerprint density at radius 1 is 1.07 bits per heavy atom. The smallest absolute Gasteiger partial charge is 0.238 e. The molecule has 0 amide bonds. The van der Waals surface area contributed by atoms with Crippen LogP contribution in [0.25, 0.3) is 16.9 Å². The van der Waals surface area contributed by atoms with Crippen LogP contribution in [0.2, 0.25) is 0 Å². The van der Waals surface area contributed by atoms with Gasteiger partial charge < -0.3 is 5.32 Å². The van der Waals surface area contributed by atoms with E-state index in [4.69, 9.17) is 5.14 Å². The van der Waals surface area contributed by atoms with Crippen LogP contribution in [0.15, 0.2) is 72.0 Å². The minimum Gasteiger partial charge on any atom is -0.348 e. The van der Waals surface area contributed by atoms with Crippen LogP contribution in [0.5, 0.6) is 0 Å². The van der Waals surface area contributed by atoms with Gasteiger partial charge in [0, 0.05) is 6.20 Å². The number of benzene rings is 2. The second kappa shape index (κ2) is 7.02. The Morgan fingerprint density at radius 3 is 2.61 bits per heavy atom. The normalized spacial score (nSPS) is 12.8. The predicted molar refractivity (Wildman–Crippen MR) is 107 cm³/mol. The lowest BCUT2D eigenvalue weighted by Gasteiger charge is -2.14. The summed E-state index contributed by atoms with van der Waals surface area (Å²) in [6, 6.07) is 16.3. The number of aromatic nitrogens is 4. The molecule has 3 N–H and O–H groups in total. The number of primary sulfonamides is 1. The van der Waals surface area contributed by atoms with Gasteiger partial charge in [0.05, 0.1) is 22.0 Å². The molecule has 4 aromatic rings. The second-order valence-corrected chi connectivity index (χ2v) is 7.89. The highest BCUT2D eigenvalue weighted by Gasteiger charge is 2.13. The van der Waals surface area contributed by atoms with E-state index in [2.05, 4.69) is 20.3 Å². The number of hydrogen-bond donors (Lipinski definition) is 2. The van der Waals surface area contributed by atoms with E-state index in [0.29, 0.717) is 22.8 Å². The highest BCUT2D eigenvalue weighted by molar-refractivity contribution is 7.89. The molecule has 0 bridgehead atoms. The van der Waals surface area contributed by atoms with Gasteiger partial charge in [0.2, 0.25) is 16.0 Å². The number of rotatable bonds is 5. The number of nitrogens with one attached hydrogen (secondary N) is 1. The van der Waals surface area contributed by atoms with Gasteiger partial charge in [-0.25, -0.2) is 23.5 Å². The molecule has 2 aromatic heterocycles. The van der Waals surface area contributed by atoms with Gasteiger partial charge in [0.15, 0.2) is 0 Å². The van der Waals surface area contributed by atoms with Crippen LogP contribution >= 0.6 is 0 Å². The molecule has 0 saturated carbocycles. The zero-order valence-corrected chi connectivity index (χ0v) is 15.8. The van der Waals surface area contributed by atoms with Crippen LogP contribution < -0.4 is 10.5 Å². The summed E-state index contributed by atoms with van der Waals surface area (Å²) in [6.07, 6.45) is 3.22. The molecule has 0 unspecified atom stereocenters. The Kier molecular flexibility index (Phi) is 4.54. The molecule has 0 radical (unpaired) electrons. The number of anilines is 1. The van der Waals surface area contributed by atoms with Crippen LogP contribution in [0.1, 0.15) is 18.5 Å². The monoisotopic (exact) mass is 394 g/mol. The molecule has 8 nitrogen and oxygen atoms in total. The van der Waals surface area contributed by atoms with Gasteiger partial charge in [-0.05, 0) is 36.8 Å². The van der Waals surface area contributed by atoms with E-state index >= 15 is 0 Å². The quantitative estimate of drug-likeness (QED) is 0.538. The third-order valence-corrected chi connectivity index (χ3v) is 5.29. The Bertz CT molecular complexity index is 1240. The summed E-state index contributed by atoms with van der Waals surface area (Å²) >= 11 is 0. The first-order valence-electron chi connectivity index (χ1n) is 8.56. The maximum atomic E-state index is 11.7. The molecule has 2 aromatic carbocycles. The SMILES string of the molecule is C[C@H](Nc1nccc(-n2cnc3ccc(S(N)(=O)=O)cc32)n1)c1ccccc1. The topological polar surface area (TPSA) is 116 Å². The average Bonchev–Trinajstić information content (AvgIpc) is 3.11. The lowest BCUT2D eigenvalue weighted by Crippen LogP contribution is -2.12. The molecule has 0 aliphatic carbocycles. The van der Waals surface area contributed by atoms with Crippen molar-refractivity contribution in [3.05, 3.63) is 72.7 Å². The fourth-order valence-electron chi connectivity index (χ4n) is 2.92. The summed E-state index contributed by atoms with van der Waals surface area (Å²) in [6.45, 7) is 2.02. The number of imidazole rings is 1. The van der Waals surface area contributed by atoms with Crippen molar-refractivity contribution in [2.75, 3.05) is 5.32 Å². The van der Waals surface area contributed by atoms with E-state index in [0.717, 1.165) is 5.56 Å². The minimum absolute atomic E-state index is 0.0185. The third-order valence-electron chi connectivity index (χ3n) is 4.38. The van der Waals surface area contributed by atoms with Crippen molar-refractivity contribution in [3.63, 3.8) is 0 Å². The van der Waals surface area contributed by atoms with Crippen molar-refractivity contribution in [2.45, 2.75) is 17.9 Å². The minimum atomic E-state index is -3.81. The summed E-state index contributed by atoms with van der Waals surface area (Å²) in [5, 5.41) is 8.52. The van der Waals surface area contributed by atoms with E-state index in [9.17, 15) is 8.42 Å². The average molecular weight is 394 g/mol. The van der Waals surface area contributed by atoms with Crippen molar-refractivity contribution in [1.82, 2.24) is 19.5 Å². The maximum absolute atomic E-state index is 11.7. The highest BCUT2D eigenvalue weighted by Crippen LogP contribution is 2.22. The van der Waals surface area contributed by atoms with Gasteiger partial charge >= 0.3 is 0 Å². The van der Waals surface area contributed by atoms with Crippen molar-refractivity contribution in [1.29, 1.82) is 0 Å². The van der Waals surface area contributed by atoms with E-state index in [1.54, 1.807) is 29.2 Å². The third kappa shape index (κ3) is 3.57. The molecule has 1 atom stereocenters. The van der Waals surface area contributed by atoms with Gasteiger partial charge in [-0.1, -0.05) is 30.3 Å². The van der Waals surface area contributed by atoms with Crippen molar-refractivity contribution < 1.29 is 8.42 Å². The number of hydrogen-bond acceptors (Lipinski definition) is 6. The van der Waals surface area contributed by atoms with Crippen LogP contribution in [0.4, 0.5) is 5.95 Å². The van der Waals surface area contributed by atoms with Gasteiger partial charge in [-0.3, -0.25) is 4.57 Å². The first kappa shape index (κ1) is 18.1. The standard InChI is InChI=1S/C19H18N6O2S/c1-13(14-5-3-2-4-6-14)23-19-21-10-9-18(24-19)25-12-22-16-8-7-15(11-17(16)25)28(20,26)27/h2-13H,1H3,(H2,20,26,27)(H,21,23,24)/t13-/m0/s1. The van der Waals surface area contributed by atoms with Crippen LogP contribution in [-0.4, -0.2) is 27.9 Å². The Hall–Kier alpha value is -3.30. The Balaban J connectivity index is 1.70. The number of nitrogens with two attached hydrogens (primary N) is 1. The Morgan fingerprint density at radius 2 is 1.86 bits per heavy atom. The Labute approximate surface area is 162 Å². The fraction of sp³-hybridized carbons (Fsp3) is 0.105. The van der Waals surface area contributed by atoms with Crippen molar-refractivity contribution in [3.8, 4) is 5.82 Å². The summed E-state index contributed by atoms with van der Waals surface area (Å²) in [7, 11) is -3.81. The molecule has 0 fully saturated rings. The highest BCUT2D eigenvalue weighted by atomic mass is 32.2. The van der Waals surface area contributed by atoms with Crippen LogP contribution in [0.3, 0.4) is 0 Å². The maximum Gasteiger partial charge on any atom is 0.238 e. The number of sulfonamides is 1. The predicted octanol–water partition coefficient (Wildman–Crippen LogP) is 2.64. The van der Waals surface area contributed by atoms with E-state index < -0.39 is 10.0 Å². The number of fused-ring (bicyclic) bond motifs is 1. The molecule has 9 heteroatoms. The zero-order valence-electron chi connectivity index (χ0n) is 15.0. The summed E-state index contributed by atoms with van der Waals surface area (Å²) in [4.78, 5) is 13.1.